The van der Waals surface area contributed by atoms with Crippen LogP contribution in [0.1, 0.15) is 105 Å². The van der Waals surface area contributed by atoms with Crippen LogP contribution in [0.5, 0.6) is 0 Å². The van der Waals surface area contributed by atoms with Crippen molar-refractivity contribution in [3.63, 3.8) is 0 Å². The first-order valence-electron chi connectivity index (χ1n) is 20.9. The van der Waals surface area contributed by atoms with Crippen LogP contribution in [0.4, 0.5) is 0 Å². The van der Waals surface area contributed by atoms with E-state index in [0.29, 0.717) is 18.3 Å². The summed E-state index contributed by atoms with van der Waals surface area (Å²) in [5, 5.41) is 66.3. The van der Waals surface area contributed by atoms with Crippen molar-refractivity contribution in [2.24, 2.45) is 34.5 Å². The molecular weight excluding hydrogens is 716 g/mol. The van der Waals surface area contributed by atoms with E-state index in [1.807, 2.05) is 6.92 Å². The zero-order valence-electron chi connectivity index (χ0n) is 32.9. The van der Waals surface area contributed by atoms with Gasteiger partial charge in [0, 0.05) is 43.1 Å². The van der Waals surface area contributed by atoms with Crippen LogP contribution < -0.4 is 0 Å². The third kappa shape index (κ3) is 7.05. The molecule has 312 valence electrons. The highest BCUT2D eigenvalue weighted by Gasteiger charge is 2.70. The normalized spacial score (nSPS) is 55.5. The van der Waals surface area contributed by atoms with Crippen LogP contribution in [0, 0.1) is 34.5 Å². The molecule has 0 amide bonds. The molecule has 0 spiro atoms. The molecule has 8 aliphatic rings. The highest BCUT2D eigenvalue weighted by molar-refractivity contribution is 5.85. The third-order valence-electron chi connectivity index (χ3n) is 15.8. The molecule has 0 aromatic rings. The van der Waals surface area contributed by atoms with Gasteiger partial charge in [-0.1, -0.05) is 13.8 Å². The molecule has 3 saturated heterocycles. The van der Waals surface area contributed by atoms with E-state index in [2.05, 4.69) is 13.8 Å². The molecule has 4 saturated carbocycles. The second-order valence-corrected chi connectivity index (χ2v) is 18.9. The van der Waals surface area contributed by atoms with Crippen LogP contribution >= 0.6 is 0 Å². The van der Waals surface area contributed by atoms with Gasteiger partial charge in [0.25, 0.3) is 0 Å². The van der Waals surface area contributed by atoms with Crippen molar-refractivity contribution in [1.82, 2.24) is 0 Å². The first-order valence-corrected chi connectivity index (χ1v) is 20.9. The van der Waals surface area contributed by atoms with Gasteiger partial charge in [-0.2, -0.15) is 0 Å². The maximum Gasteiger partial charge on any atom is 0.331 e. The first kappa shape index (κ1) is 40.5. The van der Waals surface area contributed by atoms with Gasteiger partial charge in [-0.05, 0) is 94.5 Å². The summed E-state index contributed by atoms with van der Waals surface area (Å²) in [4.78, 5) is 12.0. The van der Waals surface area contributed by atoms with Crippen LogP contribution in [0.2, 0.25) is 0 Å². The van der Waals surface area contributed by atoms with Crippen molar-refractivity contribution >= 4 is 5.97 Å². The Kier molecular flexibility index (Phi) is 11.1. The predicted octanol–water partition coefficient (Wildman–Crippen LogP) is 2.22. The number of aliphatic hydroxyl groups is 6. The molecule has 0 radical (unpaired) electrons. The largest absolute Gasteiger partial charge is 0.458 e. The van der Waals surface area contributed by atoms with E-state index in [1.165, 1.54) is 6.08 Å². The van der Waals surface area contributed by atoms with E-state index < -0.39 is 90.9 Å². The van der Waals surface area contributed by atoms with Crippen molar-refractivity contribution in [1.29, 1.82) is 0 Å². The average molecular weight is 781 g/mol. The number of hydrogen-bond donors (Lipinski definition) is 6. The summed E-state index contributed by atoms with van der Waals surface area (Å²) in [5.41, 5.74) is -0.686. The molecule has 4 aliphatic carbocycles. The summed E-state index contributed by atoms with van der Waals surface area (Å²) >= 11 is 0. The fraction of sp³-hybridized carbons (Fsp3) is 0.927. The van der Waals surface area contributed by atoms with Crippen LogP contribution in [0.25, 0.3) is 0 Å². The van der Waals surface area contributed by atoms with Crippen molar-refractivity contribution < 1.29 is 68.6 Å². The summed E-state index contributed by atoms with van der Waals surface area (Å²) in [6, 6.07) is 0. The van der Waals surface area contributed by atoms with Crippen LogP contribution in [0.15, 0.2) is 11.6 Å². The van der Waals surface area contributed by atoms with Gasteiger partial charge < -0.3 is 63.8 Å². The van der Waals surface area contributed by atoms with Crippen LogP contribution in [0.3, 0.4) is 0 Å². The molecule has 14 heteroatoms. The Morgan fingerprint density at radius 1 is 0.691 bits per heavy atom. The van der Waals surface area contributed by atoms with E-state index >= 15 is 0 Å². The fourth-order valence-electron chi connectivity index (χ4n) is 12.9. The van der Waals surface area contributed by atoms with E-state index in [-0.39, 0.29) is 55.2 Å². The number of carbonyl (C=O) groups excluding carboxylic acids is 1. The van der Waals surface area contributed by atoms with Crippen molar-refractivity contribution in [2.45, 2.75) is 197 Å². The Balaban J connectivity index is 0.834. The van der Waals surface area contributed by atoms with Gasteiger partial charge >= 0.3 is 5.97 Å². The minimum absolute atomic E-state index is 0.0203. The quantitative estimate of drug-likeness (QED) is 0.162. The number of fused-ring (bicyclic) bond motifs is 5. The van der Waals surface area contributed by atoms with Crippen LogP contribution in [-0.4, -0.2) is 135 Å². The lowest BCUT2D eigenvalue weighted by molar-refractivity contribution is -0.336. The first-order chi connectivity index (χ1) is 26.0. The second kappa shape index (κ2) is 15.1. The van der Waals surface area contributed by atoms with Crippen molar-refractivity contribution in [3.05, 3.63) is 11.6 Å². The van der Waals surface area contributed by atoms with Crippen molar-refractivity contribution in [3.8, 4) is 0 Å². The molecule has 7 fully saturated rings. The lowest BCUT2D eigenvalue weighted by Gasteiger charge is -2.63. The van der Waals surface area contributed by atoms with E-state index in [0.717, 1.165) is 50.5 Å². The number of hydrogen-bond acceptors (Lipinski definition) is 14. The molecule has 6 N–H and O–H groups in total. The third-order valence-corrected chi connectivity index (χ3v) is 15.8. The number of esters is 1. The second-order valence-electron chi connectivity index (χ2n) is 18.9. The maximum absolute atomic E-state index is 12.6. The molecular formula is C41H64O14. The monoisotopic (exact) mass is 780 g/mol. The summed E-state index contributed by atoms with van der Waals surface area (Å²) in [5.74, 6) is 0.174. The van der Waals surface area contributed by atoms with Crippen LogP contribution in [-0.2, 0) is 38.0 Å². The number of carbonyl (C=O) groups is 1. The SMILES string of the molecule is C[C@H]1O[C@H](O[C@H]2[C@@H](O)C[C@@H](O[C@H]3[C@@H](O)C[C@@H](O[C@H]4CC[C@@]5(C)[C@H](CC[C@@H]6[C@@H]5CC[C@]5(C)[C@@H](C7=CC(=O)OC7)[C@@H](O)CC65O)C4)O[C@@H]3C)O[C@@H]2C)C[C@H](O)[C@@H]1O. The Morgan fingerprint density at radius 2 is 1.29 bits per heavy atom. The van der Waals surface area contributed by atoms with E-state index in [9.17, 15) is 35.4 Å². The topological polar surface area (TPSA) is 203 Å². The molecule has 4 heterocycles. The molecule has 0 bridgehead atoms. The van der Waals surface area contributed by atoms with Gasteiger partial charge in [0.05, 0.1) is 54.4 Å². The summed E-state index contributed by atoms with van der Waals surface area (Å²) < 4.78 is 42.1. The number of rotatable bonds is 7. The standard InChI is InChI=1S/C41H64O14/c1-19-36(47)27(42)14-33(50-19)54-38-21(3)52-34(16-29(38)44)55-37-20(2)51-32(15-28(37)43)53-24-8-10-39(4)23(13-24)6-7-26-25(39)9-11-40(5)35(22-12-31(46)49-18-22)30(45)17-41(26,40)48/h12,19-21,23-30,32-38,42-45,47-48H,6-11,13-18H2,1-5H3/t19-,20-,21-,23-,24+,25+,26-,27+,28+,29+,30+,32-,33-,34-,35+,36-,37-,38-,39+,40-,41?/m1/s1. The smallest absolute Gasteiger partial charge is 0.331 e. The maximum atomic E-state index is 12.6. The number of cyclic esters (lactones) is 1. The zero-order valence-corrected chi connectivity index (χ0v) is 32.9. The Labute approximate surface area is 323 Å². The lowest BCUT2D eigenvalue weighted by Crippen LogP contribution is -2.62. The van der Waals surface area contributed by atoms with E-state index in [1.54, 1.807) is 13.8 Å². The van der Waals surface area contributed by atoms with Gasteiger partial charge in [0.2, 0.25) is 0 Å². The number of ether oxygens (including phenoxy) is 7. The molecule has 21 atom stereocenters. The highest BCUT2D eigenvalue weighted by atomic mass is 16.7. The van der Waals surface area contributed by atoms with Gasteiger partial charge in [-0.3, -0.25) is 0 Å². The molecule has 0 aromatic heterocycles. The summed E-state index contributed by atoms with van der Waals surface area (Å²) in [7, 11) is 0. The zero-order chi connectivity index (χ0) is 39.2. The molecule has 8 rings (SSSR count). The molecule has 55 heavy (non-hydrogen) atoms. The Hall–Kier alpha value is -1.27. The Morgan fingerprint density at radius 3 is 1.87 bits per heavy atom. The van der Waals surface area contributed by atoms with Gasteiger partial charge in [0.15, 0.2) is 18.9 Å². The predicted molar refractivity (Wildman–Crippen MR) is 193 cm³/mol. The minimum Gasteiger partial charge on any atom is -0.458 e. The number of aliphatic hydroxyl groups excluding tert-OH is 5. The van der Waals surface area contributed by atoms with Crippen molar-refractivity contribution in [2.75, 3.05) is 6.61 Å². The minimum atomic E-state index is -1.01. The highest BCUT2D eigenvalue weighted by Crippen LogP contribution is 2.70. The summed E-state index contributed by atoms with van der Waals surface area (Å²) in [6.45, 7) is 9.98. The molecule has 0 aromatic carbocycles. The molecule has 1 unspecified atom stereocenters. The lowest BCUT2D eigenvalue weighted by atomic mass is 9.43. The van der Waals surface area contributed by atoms with Gasteiger partial charge in [-0.25, -0.2) is 4.79 Å². The Bertz CT molecular complexity index is 1410. The average Bonchev–Trinajstić information content (AvgIpc) is 3.62. The van der Waals surface area contributed by atoms with E-state index in [4.69, 9.17) is 33.2 Å². The van der Waals surface area contributed by atoms with Gasteiger partial charge in [0.1, 0.15) is 24.9 Å². The van der Waals surface area contributed by atoms with Gasteiger partial charge in [-0.15, -0.1) is 0 Å². The fourth-order valence-corrected chi connectivity index (χ4v) is 12.9. The molecule has 4 aliphatic heterocycles. The molecule has 14 nitrogen and oxygen atoms in total. The summed E-state index contributed by atoms with van der Waals surface area (Å²) in [6.07, 6.45) is -1.26.